The molecule has 0 atom stereocenters. The van der Waals surface area contributed by atoms with Gasteiger partial charge in [0.2, 0.25) is 0 Å². The summed E-state index contributed by atoms with van der Waals surface area (Å²) in [5, 5.41) is 0.899. The minimum atomic E-state index is 0.711. The van der Waals surface area contributed by atoms with Crippen molar-refractivity contribution in [1.82, 2.24) is 0 Å². The summed E-state index contributed by atoms with van der Waals surface area (Å²) in [6.45, 7) is 12.3. The summed E-state index contributed by atoms with van der Waals surface area (Å²) in [7, 11) is 0. The van der Waals surface area contributed by atoms with Crippen molar-refractivity contribution in [3.63, 3.8) is 0 Å². The van der Waals surface area contributed by atoms with E-state index < -0.39 is 0 Å². The molecule has 0 unspecified atom stereocenters. The van der Waals surface area contributed by atoms with E-state index in [4.69, 9.17) is 4.74 Å². The van der Waals surface area contributed by atoms with Gasteiger partial charge in [0.25, 0.3) is 0 Å². The molecule has 0 N–H and O–H groups in total. The molecule has 0 heterocycles. The molecule has 22 heavy (non-hydrogen) atoms. The van der Waals surface area contributed by atoms with E-state index in [0.29, 0.717) is 6.61 Å². The van der Waals surface area contributed by atoms with Gasteiger partial charge in [-0.15, -0.1) is 0 Å². The highest BCUT2D eigenvalue weighted by Gasteiger charge is 1.93. The largest absolute Gasteiger partial charge is 0.373 e. The van der Waals surface area contributed by atoms with E-state index in [1.165, 1.54) is 28.7 Å². The van der Waals surface area contributed by atoms with Gasteiger partial charge < -0.3 is 4.74 Å². The average Bonchev–Trinajstić information content (AvgIpc) is 2.43. The van der Waals surface area contributed by atoms with Crippen LogP contribution in [0.4, 0.5) is 0 Å². The molecule has 126 valence electrons. The second-order valence-corrected chi connectivity index (χ2v) is 6.83. The molecular formula is C20H33BrO. The van der Waals surface area contributed by atoms with Gasteiger partial charge in [0.05, 0.1) is 13.2 Å². The quantitative estimate of drug-likeness (QED) is 0.222. The second kappa shape index (κ2) is 14.0. The van der Waals surface area contributed by atoms with E-state index in [0.717, 1.165) is 31.2 Å². The normalized spacial score (nSPS) is 13.5. The van der Waals surface area contributed by atoms with E-state index in [-0.39, 0.29) is 0 Å². The molecule has 0 aromatic carbocycles. The predicted molar refractivity (Wildman–Crippen MR) is 104 cm³/mol. The van der Waals surface area contributed by atoms with Crippen molar-refractivity contribution >= 4 is 15.9 Å². The van der Waals surface area contributed by atoms with Crippen LogP contribution in [0.5, 0.6) is 0 Å². The molecule has 0 bridgehead atoms. The summed E-state index contributed by atoms with van der Waals surface area (Å²) in [6.07, 6.45) is 13.6. The lowest BCUT2D eigenvalue weighted by atomic mass is 10.1. The minimum Gasteiger partial charge on any atom is -0.373 e. The van der Waals surface area contributed by atoms with Crippen LogP contribution in [0.15, 0.2) is 46.6 Å². The van der Waals surface area contributed by atoms with E-state index in [2.05, 4.69) is 74.9 Å². The van der Waals surface area contributed by atoms with Gasteiger partial charge in [-0.2, -0.15) is 0 Å². The molecule has 0 aromatic heterocycles. The zero-order chi connectivity index (χ0) is 16.8. The summed E-state index contributed by atoms with van der Waals surface area (Å²) in [6, 6.07) is 0. The predicted octanol–water partition coefficient (Wildman–Crippen LogP) is 6.76. The van der Waals surface area contributed by atoms with Crippen molar-refractivity contribution < 1.29 is 4.74 Å². The van der Waals surface area contributed by atoms with E-state index in [1.807, 2.05) is 0 Å². The Balaban J connectivity index is 3.87. The van der Waals surface area contributed by atoms with Crippen molar-refractivity contribution in [3.8, 4) is 0 Å². The lowest BCUT2D eigenvalue weighted by molar-refractivity contribution is 0.186. The molecule has 0 aliphatic heterocycles. The van der Waals surface area contributed by atoms with Crippen LogP contribution in [0.1, 0.15) is 60.3 Å². The zero-order valence-corrected chi connectivity index (χ0v) is 16.6. The maximum atomic E-state index is 5.63. The smallest absolute Gasteiger partial charge is 0.0678 e. The van der Waals surface area contributed by atoms with Gasteiger partial charge in [0.15, 0.2) is 0 Å². The van der Waals surface area contributed by atoms with Gasteiger partial charge in [-0.25, -0.2) is 0 Å². The number of hydrogen-bond acceptors (Lipinski definition) is 1. The van der Waals surface area contributed by atoms with Crippen molar-refractivity contribution in [2.24, 2.45) is 0 Å². The van der Waals surface area contributed by atoms with Crippen molar-refractivity contribution in [2.75, 3.05) is 18.5 Å². The number of hydrogen-bond donors (Lipinski definition) is 0. The maximum Gasteiger partial charge on any atom is 0.0678 e. The van der Waals surface area contributed by atoms with Crippen molar-refractivity contribution in [1.29, 1.82) is 0 Å². The van der Waals surface area contributed by atoms with Crippen LogP contribution in [0.2, 0.25) is 0 Å². The fourth-order valence-electron chi connectivity index (χ4n) is 1.95. The molecule has 0 spiro atoms. The summed E-state index contributed by atoms with van der Waals surface area (Å²) >= 11 is 3.39. The van der Waals surface area contributed by atoms with Crippen LogP contribution in [-0.4, -0.2) is 18.5 Å². The van der Waals surface area contributed by atoms with Crippen LogP contribution in [-0.2, 0) is 4.74 Å². The molecule has 0 fully saturated rings. The average molecular weight is 369 g/mol. The summed E-state index contributed by atoms with van der Waals surface area (Å²) in [4.78, 5) is 0. The SMILES string of the molecule is CC(C)=CCC/C(C)=C/CC/C(C)=C/COC/C(C)=C/CBr. The van der Waals surface area contributed by atoms with E-state index in [9.17, 15) is 0 Å². The summed E-state index contributed by atoms with van der Waals surface area (Å²) in [5.41, 5.74) is 5.60. The summed E-state index contributed by atoms with van der Waals surface area (Å²) < 4.78 is 5.63. The fraction of sp³-hybridized carbons (Fsp3) is 0.600. The first-order chi connectivity index (χ1) is 10.5. The highest BCUT2D eigenvalue weighted by molar-refractivity contribution is 9.09. The maximum absolute atomic E-state index is 5.63. The molecule has 0 saturated carbocycles. The number of allylic oxidation sites excluding steroid dienone is 6. The Bertz CT molecular complexity index is 409. The molecule has 0 rings (SSSR count). The Hall–Kier alpha value is -0.600. The monoisotopic (exact) mass is 368 g/mol. The Labute approximate surface area is 146 Å². The van der Waals surface area contributed by atoms with Gasteiger partial charge in [-0.05, 0) is 60.3 Å². The third-order valence-electron chi connectivity index (χ3n) is 3.43. The third-order valence-corrected chi connectivity index (χ3v) is 3.75. The Morgan fingerprint density at radius 3 is 1.95 bits per heavy atom. The van der Waals surface area contributed by atoms with Gasteiger partial charge in [-0.3, -0.25) is 0 Å². The minimum absolute atomic E-state index is 0.711. The van der Waals surface area contributed by atoms with Crippen LogP contribution in [0.3, 0.4) is 0 Å². The Morgan fingerprint density at radius 1 is 0.773 bits per heavy atom. The number of rotatable bonds is 11. The lowest BCUT2D eigenvalue weighted by Crippen LogP contribution is -1.96. The molecule has 0 aromatic rings. The number of halogens is 1. The standard InChI is InChI=1S/C20H33BrO/c1-17(2)8-6-9-18(3)10-7-11-19(4)13-15-22-16-20(5)12-14-21/h8,10,12-13H,6-7,9,11,14-16H2,1-5H3/b18-10+,19-13+,20-12+. The number of alkyl halides is 1. The van der Waals surface area contributed by atoms with Gasteiger partial charge >= 0.3 is 0 Å². The molecule has 0 saturated heterocycles. The number of ether oxygens (including phenoxy) is 1. The first kappa shape index (κ1) is 21.4. The van der Waals surface area contributed by atoms with E-state index in [1.54, 1.807) is 0 Å². The Morgan fingerprint density at radius 2 is 1.36 bits per heavy atom. The highest BCUT2D eigenvalue weighted by Crippen LogP contribution is 2.11. The van der Waals surface area contributed by atoms with Gasteiger partial charge in [0.1, 0.15) is 0 Å². The molecule has 0 aliphatic carbocycles. The highest BCUT2D eigenvalue weighted by atomic mass is 79.9. The molecule has 0 radical (unpaired) electrons. The van der Waals surface area contributed by atoms with Crippen molar-refractivity contribution in [3.05, 3.63) is 46.6 Å². The summed E-state index contributed by atoms with van der Waals surface area (Å²) in [5.74, 6) is 0. The van der Waals surface area contributed by atoms with E-state index >= 15 is 0 Å². The van der Waals surface area contributed by atoms with Crippen LogP contribution >= 0.6 is 15.9 Å². The second-order valence-electron chi connectivity index (χ2n) is 6.18. The van der Waals surface area contributed by atoms with Gasteiger partial charge in [-0.1, -0.05) is 62.5 Å². The van der Waals surface area contributed by atoms with Crippen molar-refractivity contribution in [2.45, 2.75) is 60.3 Å². The first-order valence-corrected chi connectivity index (χ1v) is 9.31. The molecule has 0 aliphatic rings. The topological polar surface area (TPSA) is 9.23 Å². The van der Waals surface area contributed by atoms with Crippen LogP contribution in [0, 0.1) is 0 Å². The first-order valence-electron chi connectivity index (χ1n) is 8.19. The Kier molecular flexibility index (Phi) is 13.6. The molecule has 2 heteroatoms. The van der Waals surface area contributed by atoms with Crippen LogP contribution in [0.25, 0.3) is 0 Å². The fourth-order valence-corrected chi connectivity index (χ4v) is 2.50. The molecule has 1 nitrogen and oxygen atoms in total. The lowest BCUT2D eigenvalue weighted by Gasteiger charge is -2.03. The molecular weight excluding hydrogens is 336 g/mol. The van der Waals surface area contributed by atoms with Gasteiger partial charge in [0, 0.05) is 5.33 Å². The third kappa shape index (κ3) is 14.3. The molecule has 0 amide bonds. The zero-order valence-electron chi connectivity index (χ0n) is 15.0. The van der Waals surface area contributed by atoms with Crippen LogP contribution < -0.4 is 0 Å².